The number of hydrogen-bond donors (Lipinski definition) is 1. The fourth-order valence-electron chi connectivity index (χ4n) is 3.75. The van der Waals surface area contributed by atoms with E-state index in [2.05, 4.69) is 48.1 Å². The largest absolute Gasteiger partial charge is 0.346 e. The Morgan fingerprint density at radius 2 is 1.89 bits per heavy atom. The van der Waals surface area contributed by atoms with Gasteiger partial charge < -0.3 is 5.73 Å². The predicted octanol–water partition coefficient (Wildman–Crippen LogP) is 4.68. The molecule has 1 heterocycles. The molecule has 3 rings (SSSR count). The number of nitrogens with zero attached hydrogens (tertiary/aromatic N) is 4. The van der Waals surface area contributed by atoms with Gasteiger partial charge in [0.25, 0.3) is 0 Å². The average molecular weight is 409 g/mol. The molecule has 0 bridgehead atoms. The van der Waals surface area contributed by atoms with Gasteiger partial charge in [-0.2, -0.15) is 0 Å². The zero-order valence-electron chi connectivity index (χ0n) is 16.3. The van der Waals surface area contributed by atoms with Gasteiger partial charge in [0.1, 0.15) is 0 Å². The van der Waals surface area contributed by atoms with Crippen molar-refractivity contribution in [1.82, 2.24) is 20.2 Å². The summed E-state index contributed by atoms with van der Waals surface area (Å²) in [4.78, 5) is 0. The van der Waals surface area contributed by atoms with E-state index < -0.39 is 0 Å². The molecule has 0 amide bonds. The highest BCUT2D eigenvalue weighted by Crippen LogP contribution is 2.37. The van der Waals surface area contributed by atoms with Crippen LogP contribution < -0.4 is 5.73 Å². The average Bonchev–Trinajstić information content (AvgIpc) is 3.06. The fraction of sp³-hybridized carbons (Fsp3) is 0.550. The minimum Gasteiger partial charge on any atom is -0.346 e. The van der Waals surface area contributed by atoms with Crippen LogP contribution in [0.5, 0.6) is 0 Å². The first-order valence-electron chi connectivity index (χ1n) is 9.48. The van der Waals surface area contributed by atoms with E-state index >= 15 is 0 Å². The Labute approximate surface area is 170 Å². The van der Waals surface area contributed by atoms with E-state index in [0.29, 0.717) is 10.0 Å². The molecule has 1 aliphatic rings. The van der Waals surface area contributed by atoms with Crippen molar-refractivity contribution < 1.29 is 5.73 Å². The monoisotopic (exact) mass is 408 g/mol. The third-order valence-electron chi connectivity index (χ3n) is 5.35. The van der Waals surface area contributed by atoms with Crippen molar-refractivity contribution in [3.63, 3.8) is 0 Å². The Morgan fingerprint density at radius 1 is 1.19 bits per heavy atom. The van der Waals surface area contributed by atoms with Crippen LogP contribution in [0.1, 0.15) is 70.3 Å². The number of quaternary nitrogens is 1. The number of halogens is 2. The number of tetrazole rings is 1. The van der Waals surface area contributed by atoms with Crippen LogP contribution in [0.3, 0.4) is 0 Å². The third kappa shape index (κ3) is 4.53. The number of rotatable bonds is 4. The summed E-state index contributed by atoms with van der Waals surface area (Å²) in [5.74, 6) is 0.883. The second kappa shape index (κ2) is 7.90. The van der Waals surface area contributed by atoms with Crippen LogP contribution in [0, 0.1) is 5.41 Å². The van der Waals surface area contributed by atoms with Crippen molar-refractivity contribution in [2.45, 2.75) is 64.5 Å². The lowest BCUT2D eigenvalue weighted by Gasteiger charge is -2.33. The lowest BCUT2D eigenvalue weighted by molar-refractivity contribution is -0.498. The smallest absolute Gasteiger partial charge is 0.212 e. The molecule has 1 aromatic carbocycles. The van der Waals surface area contributed by atoms with Crippen LogP contribution in [-0.4, -0.2) is 20.2 Å². The summed E-state index contributed by atoms with van der Waals surface area (Å²) < 4.78 is 1.96. The molecule has 27 heavy (non-hydrogen) atoms. The molecule has 3 N–H and O–H groups in total. The van der Waals surface area contributed by atoms with Crippen LogP contribution >= 0.6 is 23.2 Å². The molecular formula is C20H28Cl2N5+. The summed E-state index contributed by atoms with van der Waals surface area (Å²) in [6.07, 6.45) is 9.81. The fourth-order valence-corrected chi connectivity index (χ4v) is 4.22. The van der Waals surface area contributed by atoms with E-state index in [0.717, 1.165) is 24.2 Å². The zero-order chi connectivity index (χ0) is 19.7. The summed E-state index contributed by atoms with van der Waals surface area (Å²) in [5, 5.41) is 14.0. The highest BCUT2D eigenvalue weighted by atomic mass is 35.5. The summed E-state index contributed by atoms with van der Waals surface area (Å²) in [5.41, 5.74) is 5.15. The van der Waals surface area contributed by atoms with Gasteiger partial charge in [-0.25, -0.2) is 4.68 Å². The van der Waals surface area contributed by atoms with Crippen LogP contribution in [0.15, 0.2) is 24.3 Å². The van der Waals surface area contributed by atoms with Crippen molar-refractivity contribution in [3.8, 4) is 0 Å². The van der Waals surface area contributed by atoms with Crippen molar-refractivity contribution in [2.24, 2.45) is 5.41 Å². The molecule has 146 valence electrons. The highest BCUT2D eigenvalue weighted by molar-refractivity contribution is 6.35. The number of benzene rings is 1. The molecule has 0 unspecified atom stereocenters. The minimum atomic E-state index is -0.211. The topological polar surface area (TPSA) is 71.2 Å². The summed E-state index contributed by atoms with van der Waals surface area (Å²) in [6.45, 7) is 6.56. The summed E-state index contributed by atoms with van der Waals surface area (Å²) >= 11 is 12.3. The molecule has 2 aromatic rings. The Balaban J connectivity index is 1.97. The Kier molecular flexibility index (Phi) is 5.94. The van der Waals surface area contributed by atoms with E-state index in [4.69, 9.17) is 23.2 Å². The van der Waals surface area contributed by atoms with E-state index in [-0.39, 0.29) is 17.0 Å². The second-order valence-corrected chi connectivity index (χ2v) is 9.47. The molecule has 1 aromatic heterocycles. The highest BCUT2D eigenvalue weighted by Gasteiger charge is 2.41. The van der Waals surface area contributed by atoms with Gasteiger partial charge in [-0.1, -0.05) is 68.6 Å². The Morgan fingerprint density at radius 3 is 2.52 bits per heavy atom. The minimum absolute atomic E-state index is 0.0187. The molecular weight excluding hydrogens is 381 g/mol. The molecule has 0 aliphatic heterocycles. The van der Waals surface area contributed by atoms with Gasteiger partial charge >= 0.3 is 0 Å². The lowest BCUT2D eigenvalue weighted by Crippen LogP contribution is -2.71. The molecule has 1 atom stereocenters. The summed E-state index contributed by atoms with van der Waals surface area (Å²) in [7, 11) is 0. The van der Waals surface area contributed by atoms with Crippen LogP contribution in [-0.2, 0) is 5.54 Å². The third-order valence-corrected chi connectivity index (χ3v) is 5.91. The van der Waals surface area contributed by atoms with Gasteiger partial charge in [0.05, 0.1) is 6.04 Å². The van der Waals surface area contributed by atoms with E-state index in [9.17, 15) is 0 Å². The van der Waals surface area contributed by atoms with Gasteiger partial charge in [-0.3, -0.25) is 0 Å². The quantitative estimate of drug-likeness (QED) is 0.797. The lowest BCUT2D eigenvalue weighted by atomic mass is 9.80. The maximum atomic E-state index is 6.33. The maximum Gasteiger partial charge on any atom is 0.212 e. The van der Waals surface area contributed by atoms with Crippen molar-refractivity contribution in [3.05, 3.63) is 45.7 Å². The molecule has 1 saturated carbocycles. The van der Waals surface area contributed by atoms with Crippen LogP contribution in [0.2, 0.25) is 10.0 Å². The van der Waals surface area contributed by atoms with Gasteiger partial charge in [-0.15, -0.1) is 5.10 Å². The zero-order valence-corrected chi connectivity index (χ0v) is 17.8. The summed E-state index contributed by atoms with van der Waals surface area (Å²) in [6, 6.07) is 5.50. The molecule has 7 heteroatoms. The van der Waals surface area contributed by atoms with Gasteiger partial charge in [-0.05, 0) is 46.4 Å². The number of hydrogen-bond acceptors (Lipinski definition) is 3. The first kappa shape index (κ1) is 20.3. The molecule has 1 fully saturated rings. The van der Waals surface area contributed by atoms with Crippen molar-refractivity contribution in [1.29, 1.82) is 0 Å². The van der Waals surface area contributed by atoms with E-state index in [1.165, 1.54) is 19.3 Å². The molecule has 0 saturated heterocycles. The normalized spacial score (nSPS) is 18.7. The standard InChI is InChI=1S/C20H27Cl2N5/c1-19(2,3)17(10-8-14-7-9-15(21)13-16(14)22)27-18(24-25-26-27)20(23)11-5-4-6-12-20/h7-10,13,17H,4-6,11-12,23H2,1-3H3/p+1/b10-8+/t17-/m0/s1. The maximum absolute atomic E-state index is 6.33. The Hall–Kier alpha value is -1.43. The van der Waals surface area contributed by atoms with Gasteiger partial charge in [0.15, 0.2) is 5.54 Å². The van der Waals surface area contributed by atoms with Gasteiger partial charge in [0.2, 0.25) is 5.82 Å². The van der Waals surface area contributed by atoms with Crippen molar-refractivity contribution in [2.75, 3.05) is 0 Å². The Bertz CT molecular complexity index is 816. The predicted molar refractivity (Wildman–Crippen MR) is 109 cm³/mol. The van der Waals surface area contributed by atoms with E-state index in [1.807, 2.05) is 22.9 Å². The van der Waals surface area contributed by atoms with Crippen LogP contribution in [0.25, 0.3) is 6.08 Å². The van der Waals surface area contributed by atoms with Gasteiger partial charge in [0, 0.05) is 22.9 Å². The van der Waals surface area contributed by atoms with Crippen molar-refractivity contribution >= 4 is 29.3 Å². The van der Waals surface area contributed by atoms with Crippen LogP contribution in [0.4, 0.5) is 0 Å². The number of aromatic nitrogens is 4. The number of allylic oxidation sites excluding steroid dienone is 1. The molecule has 5 nitrogen and oxygen atoms in total. The SMILES string of the molecule is CC(C)(C)[C@H](/C=C/c1ccc(Cl)cc1Cl)n1nnnc1C1([NH3+])CCCCC1. The first-order valence-corrected chi connectivity index (χ1v) is 10.2. The molecule has 0 radical (unpaired) electrons. The first-order chi connectivity index (χ1) is 12.7. The second-order valence-electron chi connectivity index (χ2n) is 8.62. The van der Waals surface area contributed by atoms with E-state index in [1.54, 1.807) is 6.07 Å². The molecule has 0 spiro atoms. The molecule has 1 aliphatic carbocycles.